The molecule has 25 heavy (non-hydrogen) atoms. The number of piperazine rings is 1. The summed E-state index contributed by atoms with van der Waals surface area (Å²) in [4.78, 5) is 3.85. The van der Waals surface area contributed by atoms with E-state index in [2.05, 4.69) is 34.6 Å². The lowest BCUT2D eigenvalue weighted by atomic mass is 10.1. The quantitative estimate of drug-likeness (QED) is 0.840. The van der Waals surface area contributed by atoms with Crippen LogP contribution in [0.15, 0.2) is 30.3 Å². The molecule has 0 radical (unpaired) electrons. The van der Waals surface area contributed by atoms with Crippen LogP contribution in [0.3, 0.4) is 0 Å². The number of nitriles is 1. The second-order valence-electron chi connectivity index (χ2n) is 6.56. The highest BCUT2D eigenvalue weighted by atomic mass is 35.5. The average molecular weight is 374 g/mol. The zero-order valence-corrected chi connectivity index (χ0v) is 16.1. The van der Waals surface area contributed by atoms with Crippen molar-refractivity contribution in [1.82, 2.24) is 4.57 Å². The van der Waals surface area contributed by atoms with Crippen molar-refractivity contribution in [1.29, 1.82) is 5.26 Å². The Morgan fingerprint density at radius 1 is 1.24 bits per heavy atom. The molecular weight excluding hydrogens is 352 g/mol. The van der Waals surface area contributed by atoms with Gasteiger partial charge in [-0.1, -0.05) is 29.9 Å². The highest BCUT2D eigenvalue weighted by Gasteiger charge is 2.21. The number of halogens is 1. The van der Waals surface area contributed by atoms with Crippen molar-refractivity contribution in [3.63, 3.8) is 0 Å². The number of aromatic nitrogens is 1. The van der Waals surface area contributed by atoms with Crippen molar-refractivity contribution >= 4 is 29.5 Å². The summed E-state index contributed by atoms with van der Waals surface area (Å²) in [6.45, 7) is 8.85. The molecule has 1 fully saturated rings. The van der Waals surface area contributed by atoms with Crippen molar-refractivity contribution in [2.45, 2.75) is 20.5 Å². The molecule has 2 heterocycles. The third kappa shape index (κ3) is 3.87. The molecule has 130 valence electrons. The van der Waals surface area contributed by atoms with Crippen molar-refractivity contribution < 1.29 is 4.90 Å². The first-order valence-electron chi connectivity index (χ1n) is 8.45. The lowest BCUT2D eigenvalue weighted by molar-refractivity contribution is -0.923. The normalized spacial score (nSPS) is 15.2. The number of pyridine rings is 1. The Hall–Kier alpha value is -1.87. The molecular formula is C19H22ClN4S+. The van der Waals surface area contributed by atoms with Gasteiger partial charge in [0.15, 0.2) is 6.67 Å². The summed E-state index contributed by atoms with van der Waals surface area (Å²) in [5.74, 6) is 0. The second kappa shape index (κ2) is 7.57. The number of anilines is 1. The lowest BCUT2D eigenvalue weighted by Crippen LogP contribution is -3.14. The van der Waals surface area contributed by atoms with Gasteiger partial charge in [-0.3, -0.25) is 4.57 Å². The predicted molar refractivity (Wildman–Crippen MR) is 104 cm³/mol. The van der Waals surface area contributed by atoms with Gasteiger partial charge in [-0.05, 0) is 43.7 Å². The third-order valence-electron chi connectivity index (χ3n) is 4.84. The average Bonchev–Trinajstić information content (AvgIpc) is 2.59. The van der Waals surface area contributed by atoms with E-state index in [0.717, 1.165) is 49.1 Å². The lowest BCUT2D eigenvalue weighted by Gasteiger charge is -2.34. The Bertz CT molecular complexity index is 876. The highest BCUT2D eigenvalue weighted by molar-refractivity contribution is 7.71. The molecule has 1 aromatic carbocycles. The van der Waals surface area contributed by atoms with Gasteiger partial charge < -0.3 is 9.80 Å². The van der Waals surface area contributed by atoms with Gasteiger partial charge in [-0.15, -0.1) is 0 Å². The molecule has 2 aromatic rings. The summed E-state index contributed by atoms with van der Waals surface area (Å²) in [7, 11) is 0. The maximum absolute atomic E-state index is 9.35. The Morgan fingerprint density at radius 3 is 2.60 bits per heavy atom. The van der Waals surface area contributed by atoms with E-state index in [0.29, 0.717) is 10.2 Å². The molecule has 1 aromatic heterocycles. The fraction of sp³-hybridized carbons (Fsp3) is 0.368. The fourth-order valence-corrected chi connectivity index (χ4v) is 4.00. The van der Waals surface area contributed by atoms with Gasteiger partial charge in [0.25, 0.3) is 0 Å². The number of quaternary nitrogens is 1. The van der Waals surface area contributed by atoms with Crippen molar-refractivity contribution in [3.8, 4) is 6.07 Å². The topological polar surface area (TPSA) is 36.4 Å². The molecule has 6 heteroatoms. The number of hydrogen-bond donors (Lipinski definition) is 1. The van der Waals surface area contributed by atoms with Crippen LogP contribution in [0.4, 0.5) is 5.69 Å². The first-order valence-corrected chi connectivity index (χ1v) is 9.23. The Morgan fingerprint density at radius 2 is 1.96 bits per heavy atom. The largest absolute Gasteiger partial charge is 0.360 e. The van der Waals surface area contributed by atoms with Crippen molar-refractivity contribution in [3.05, 3.63) is 56.8 Å². The number of rotatable bonds is 3. The van der Waals surface area contributed by atoms with Crippen molar-refractivity contribution in [2.75, 3.05) is 31.1 Å². The number of aryl methyl sites for hydroxylation is 2. The molecule has 0 aliphatic carbocycles. The Kier molecular flexibility index (Phi) is 5.43. The molecule has 1 saturated heterocycles. The van der Waals surface area contributed by atoms with Crippen LogP contribution in [0.5, 0.6) is 0 Å². The van der Waals surface area contributed by atoms with Gasteiger partial charge in [-0.2, -0.15) is 5.26 Å². The maximum atomic E-state index is 9.35. The van der Waals surface area contributed by atoms with Gasteiger partial charge in [0.2, 0.25) is 0 Å². The minimum atomic E-state index is 0.623. The Balaban J connectivity index is 1.71. The van der Waals surface area contributed by atoms with E-state index >= 15 is 0 Å². The molecule has 1 N–H and O–H groups in total. The molecule has 0 amide bonds. The van der Waals surface area contributed by atoms with Crippen LogP contribution >= 0.6 is 23.8 Å². The summed E-state index contributed by atoms with van der Waals surface area (Å²) >= 11 is 11.7. The number of nitrogens with one attached hydrogen (secondary N) is 1. The number of nitrogens with zero attached hydrogens (tertiary/aromatic N) is 3. The van der Waals surface area contributed by atoms with E-state index in [1.165, 1.54) is 10.6 Å². The van der Waals surface area contributed by atoms with Crippen LogP contribution in [0, 0.1) is 29.8 Å². The van der Waals surface area contributed by atoms with Crippen LogP contribution < -0.4 is 9.80 Å². The Labute approximate surface area is 158 Å². The van der Waals surface area contributed by atoms with E-state index < -0.39 is 0 Å². The van der Waals surface area contributed by atoms with Crippen molar-refractivity contribution in [2.24, 2.45) is 0 Å². The minimum absolute atomic E-state index is 0.623. The van der Waals surface area contributed by atoms with Crippen LogP contribution in [-0.4, -0.2) is 30.7 Å². The van der Waals surface area contributed by atoms with Gasteiger partial charge >= 0.3 is 0 Å². The molecule has 1 aliphatic rings. The molecule has 4 nitrogen and oxygen atoms in total. The molecule has 0 unspecified atom stereocenters. The van der Waals surface area contributed by atoms with E-state index in [1.807, 2.05) is 25.1 Å². The van der Waals surface area contributed by atoms with Crippen LogP contribution in [0.25, 0.3) is 0 Å². The first kappa shape index (κ1) is 17.9. The number of hydrogen-bond acceptors (Lipinski definition) is 3. The smallest absolute Gasteiger partial charge is 0.157 e. The summed E-state index contributed by atoms with van der Waals surface area (Å²) in [5, 5.41) is 10.1. The highest BCUT2D eigenvalue weighted by Crippen LogP contribution is 2.19. The summed E-state index contributed by atoms with van der Waals surface area (Å²) in [5.41, 5.74) is 3.88. The van der Waals surface area contributed by atoms with Gasteiger partial charge in [-0.25, -0.2) is 0 Å². The maximum Gasteiger partial charge on any atom is 0.157 e. The van der Waals surface area contributed by atoms with E-state index in [9.17, 15) is 5.26 Å². The first-order chi connectivity index (χ1) is 12.0. The van der Waals surface area contributed by atoms with E-state index in [4.69, 9.17) is 23.8 Å². The van der Waals surface area contributed by atoms with E-state index in [1.54, 1.807) is 0 Å². The molecule has 0 atom stereocenters. The zero-order chi connectivity index (χ0) is 18.0. The molecule has 0 bridgehead atoms. The molecule has 1 aliphatic heterocycles. The molecule has 0 spiro atoms. The predicted octanol–water partition coefficient (Wildman–Crippen LogP) is 2.72. The van der Waals surface area contributed by atoms with Crippen LogP contribution in [0.2, 0.25) is 5.02 Å². The SMILES string of the molecule is Cc1cc(C)n(C[NH+]2CCN(c3cccc(Cl)c3)CC2)c(=S)c1C#N. The number of benzene rings is 1. The fourth-order valence-electron chi connectivity index (χ4n) is 3.40. The summed E-state index contributed by atoms with van der Waals surface area (Å²) < 4.78 is 2.76. The van der Waals surface area contributed by atoms with Gasteiger partial charge in [0.1, 0.15) is 10.7 Å². The summed E-state index contributed by atoms with van der Waals surface area (Å²) in [6.07, 6.45) is 0. The van der Waals surface area contributed by atoms with Gasteiger partial charge in [0, 0.05) is 16.4 Å². The second-order valence-corrected chi connectivity index (χ2v) is 7.39. The molecule has 0 saturated carbocycles. The third-order valence-corrected chi connectivity index (χ3v) is 5.50. The van der Waals surface area contributed by atoms with E-state index in [-0.39, 0.29) is 0 Å². The monoisotopic (exact) mass is 373 g/mol. The van der Waals surface area contributed by atoms with Crippen LogP contribution in [0.1, 0.15) is 16.8 Å². The summed E-state index contributed by atoms with van der Waals surface area (Å²) in [6, 6.07) is 12.3. The minimum Gasteiger partial charge on any atom is -0.360 e. The van der Waals surface area contributed by atoms with Gasteiger partial charge in [0.05, 0.1) is 31.7 Å². The van der Waals surface area contributed by atoms with Crippen LogP contribution in [-0.2, 0) is 6.67 Å². The molecule has 3 rings (SSSR count). The standard InChI is InChI=1S/C19H21ClN4S/c1-14-10-15(2)24(19(25)18(14)12-21)13-22-6-8-23(9-7-22)17-5-3-4-16(20)11-17/h3-5,10-11H,6-9,13H2,1-2H3/p+1. The zero-order valence-electron chi connectivity index (χ0n) is 14.6.